The second-order valence-corrected chi connectivity index (χ2v) is 15.8. The fourth-order valence-electron chi connectivity index (χ4n) is 5.43. The molecule has 0 bridgehead atoms. The zero-order valence-corrected chi connectivity index (χ0v) is 38.0. The maximum atomic E-state index is 13.2. The zero-order valence-electron chi connectivity index (χ0n) is 38.0. The Hall–Kier alpha value is -5.95. The quantitative estimate of drug-likeness (QED) is 0.0348. The lowest BCUT2D eigenvalue weighted by Crippen LogP contribution is -2.61. The second kappa shape index (κ2) is 28.0. The molecule has 25 heteroatoms. The number of aliphatic carboxylic acids is 1. The molecule has 0 heterocycles. The molecule has 0 aliphatic carbocycles. The van der Waals surface area contributed by atoms with E-state index in [9.17, 15) is 63.0 Å². The van der Waals surface area contributed by atoms with E-state index in [1.807, 2.05) is 0 Å². The van der Waals surface area contributed by atoms with Crippen molar-refractivity contribution >= 4 is 65.0 Å². The smallest absolute Gasteiger partial charge is 0.325 e. The molecular formula is C39H69N11O14. The van der Waals surface area contributed by atoms with Crippen molar-refractivity contribution in [2.24, 2.45) is 23.3 Å². The minimum Gasteiger partial charge on any atom is -0.480 e. The van der Waals surface area contributed by atoms with E-state index >= 15 is 0 Å². The van der Waals surface area contributed by atoms with Crippen molar-refractivity contribution in [1.29, 1.82) is 0 Å². The lowest BCUT2D eigenvalue weighted by atomic mass is 9.97. The largest absolute Gasteiger partial charge is 0.480 e. The molecule has 0 aromatic heterocycles. The third-order valence-corrected chi connectivity index (χ3v) is 10.2. The summed E-state index contributed by atoms with van der Waals surface area (Å²) in [6.07, 6.45) is -0.916. The summed E-state index contributed by atoms with van der Waals surface area (Å²) in [4.78, 5) is 139. The van der Waals surface area contributed by atoms with Crippen LogP contribution in [-0.2, 0) is 52.7 Å². The van der Waals surface area contributed by atoms with Crippen LogP contribution in [0.2, 0.25) is 0 Å². The van der Waals surface area contributed by atoms with Gasteiger partial charge in [0.05, 0.1) is 18.8 Å². The molecule has 364 valence electrons. The summed E-state index contributed by atoms with van der Waals surface area (Å²) in [5.41, 5.74) is 10.9. The molecule has 0 rings (SSSR count). The van der Waals surface area contributed by atoms with E-state index in [4.69, 9.17) is 16.6 Å². The Morgan fingerprint density at radius 3 is 1.16 bits per heavy atom. The first-order chi connectivity index (χ1) is 29.6. The number of amides is 10. The number of primary amides is 1. The highest BCUT2D eigenvalue weighted by atomic mass is 16.4. The zero-order chi connectivity index (χ0) is 49.8. The van der Waals surface area contributed by atoms with E-state index in [2.05, 4.69) is 47.9 Å². The number of nitrogens with one attached hydrogen (secondary N) is 9. The van der Waals surface area contributed by atoms with Crippen LogP contribution in [0.25, 0.3) is 0 Å². The maximum Gasteiger partial charge on any atom is 0.325 e. The van der Waals surface area contributed by atoms with Gasteiger partial charge in [-0.15, -0.1) is 0 Å². The molecule has 0 spiro atoms. The summed E-state index contributed by atoms with van der Waals surface area (Å²) in [7, 11) is 0. The molecule has 0 aromatic rings. The highest BCUT2D eigenvalue weighted by Gasteiger charge is 2.35. The van der Waals surface area contributed by atoms with Crippen LogP contribution in [-0.4, -0.2) is 153 Å². The van der Waals surface area contributed by atoms with Crippen LogP contribution in [0.3, 0.4) is 0 Å². The van der Waals surface area contributed by atoms with Gasteiger partial charge in [-0.05, 0) is 59.8 Å². The van der Waals surface area contributed by atoms with Crippen molar-refractivity contribution in [1.82, 2.24) is 47.9 Å². The number of rotatable bonds is 28. The molecule has 0 fully saturated rings. The van der Waals surface area contributed by atoms with Gasteiger partial charge in [-0.3, -0.25) is 52.7 Å². The van der Waals surface area contributed by atoms with Gasteiger partial charge in [0.1, 0.15) is 54.4 Å². The van der Waals surface area contributed by atoms with Crippen molar-refractivity contribution in [2.75, 3.05) is 6.61 Å². The molecule has 0 aliphatic rings. The fourth-order valence-corrected chi connectivity index (χ4v) is 5.43. The first-order valence-corrected chi connectivity index (χ1v) is 20.9. The van der Waals surface area contributed by atoms with Crippen molar-refractivity contribution in [3.8, 4) is 0 Å². The molecule has 25 nitrogen and oxygen atoms in total. The molecule has 0 saturated heterocycles. The number of aliphatic hydroxyl groups is 2. The fraction of sp³-hybridized carbons (Fsp3) is 0.718. The average Bonchev–Trinajstić information content (AvgIpc) is 3.22. The predicted octanol–water partition coefficient (Wildman–Crippen LogP) is -5.41. The summed E-state index contributed by atoms with van der Waals surface area (Å²) in [6, 6.07) is -13.3. The molecule has 13 atom stereocenters. The normalized spacial score (nSPS) is 17.1. The van der Waals surface area contributed by atoms with E-state index in [-0.39, 0.29) is 12.8 Å². The SMILES string of the molecule is CC[C@H](C)[C@H](NC(=O)[C@H](C)NC(=O)[C@H](C)NC(=O)[C@@H](NC(=O)[C@H](C)NC(=O)[C@H](C)NC(=O)[C@@H](NC(=O)[C@@H](N)CCC(N)=O)[C@@H](C)CC)[C@@H](C)O)C(=O)N[C@@H](CO)C(=O)N[C@@H](C)C(=O)O. The summed E-state index contributed by atoms with van der Waals surface area (Å²) in [6.45, 7) is 13.4. The van der Waals surface area contributed by atoms with E-state index in [1.165, 1.54) is 41.5 Å². The molecule has 0 unspecified atom stereocenters. The van der Waals surface area contributed by atoms with Gasteiger partial charge in [-0.2, -0.15) is 0 Å². The number of nitrogens with two attached hydrogens (primary N) is 2. The summed E-state index contributed by atoms with van der Waals surface area (Å²) < 4.78 is 0. The molecule has 10 amide bonds. The van der Waals surface area contributed by atoms with Gasteiger partial charge in [0.15, 0.2) is 0 Å². The van der Waals surface area contributed by atoms with Gasteiger partial charge in [0.25, 0.3) is 0 Å². The topological polar surface area (TPSA) is 409 Å². The molecule has 16 N–H and O–H groups in total. The lowest BCUT2D eigenvalue weighted by Gasteiger charge is -2.28. The van der Waals surface area contributed by atoms with Crippen LogP contribution in [0.5, 0.6) is 0 Å². The van der Waals surface area contributed by atoms with Crippen LogP contribution < -0.4 is 59.3 Å². The van der Waals surface area contributed by atoms with Crippen LogP contribution in [0.1, 0.15) is 94.9 Å². The van der Waals surface area contributed by atoms with Crippen LogP contribution in [0.4, 0.5) is 0 Å². The number of carboxylic acid groups (broad SMARTS) is 1. The Bertz CT molecular complexity index is 1680. The monoisotopic (exact) mass is 916 g/mol. The van der Waals surface area contributed by atoms with Crippen molar-refractivity contribution < 1.29 is 68.1 Å². The predicted molar refractivity (Wildman–Crippen MR) is 227 cm³/mol. The van der Waals surface area contributed by atoms with Crippen LogP contribution in [0.15, 0.2) is 0 Å². The highest BCUT2D eigenvalue weighted by molar-refractivity contribution is 5.98. The Morgan fingerprint density at radius 2 is 0.797 bits per heavy atom. The summed E-state index contributed by atoms with van der Waals surface area (Å²) in [5, 5.41) is 50.3. The van der Waals surface area contributed by atoms with Gasteiger partial charge < -0.3 is 74.6 Å². The average molecular weight is 916 g/mol. The Balaban J connectivity index is 5.53. The van der Waals surface area contributed by atoms with E-state index in [0.29, 0.717) is 12.8 Å². The van der Waals surface area contributed by atoms with E-state index in [1.54, 1.807) is 27.7 Å². The third kappa shape index (κ3) is 19.6. The number of aliphatic hydroxyl groups excluding tert-OH is 2. The highest BCUT2D eigenvalue weighted by Crippen LogP contribution is 2.11. The van der Waals surface area contributed by atoms with Gasteiger partial charge in [0, 0.05) is 6.42 Å². The number of carbonyl (C=O) groups is 11. The van der Waals surface area contributed by atoms with Crippen molar-refractivity contribution in [3.05, 3.63) is 0 Å². The maximum absolute atomic E-state index is 13.2. The molecule has 64 heavy (non-hydrogen) atoms. The van der Waals surface area contributed by atoms with Gasteiger partial charge in [0.2, 0.25) is 59.1 Å². The molecule has 0 radical (unpaired) electrons. The Kier molecular flexibility index (Phi) is 25.4. The molecule has 0 aromatic carbocycles. The molecule has 0 aliphatic heterocycles. The second-order valence-electron chi connectivity index (χ2n) is 15.8. The summed E-state index contributed by atoms with van der Waals surface area (Å²) in [5.74, 6) is -10.8. The Morgan fingerprint density at radius 1 is 0.469 bits per heavy atom. The standard InChI is InChI=1S/C39H69N11O14/c1-11-16(3)27(49-34(58)24(40)13-14-26(41)53)36(60)44-18(5)30(54)43-21(8)33(57)50-29(23(10)52)38(62)45-19(6)31(55)42-20(7)32(56)48-28(17(4)12-2)37(61)47-25(15-51)35(59)46-22(9)39(63)64/h16-25,27-29,51-52H,11-15,40H2,1-10H3,(H2,41,53)(H,42,55)(H,43,54)(H,44,60)(H,45,62)(H,46,59)(H,47,61)(H,48,56)(H,49,58)(H,50,57)(H,63,64)/t16-,17-,18-,19-,20-,21-,22-,23+,24-,25-,27-,28-,29-/m0/s1. The minimum atomic E-state index is -1.65. The first kappa shape index (κ1) is 58.0. The number of carboxylic acids is 1. The summed E-state index contributed by atoms with van der Waals surface area (Å²) >= 11 is 0. The van der Waals surface area contributed by atoms with Gasteiger partial charge >= 0.3 is 5.97 Å². The first-order valence-electron chi connectivity index (χ1n) is 20.9. The van der Waals surface area contributed by atoms with Gasteiger partial charge in [-0.1, -0.05) is 40.5 Å². The van der Waals surface area contributed by atoms with Crippen LogP contribution in [0, 0.1) is 11.8 Å². The van der Waals surface area contributed by atoms with Crippen molar-refractivity contribution in [2.45, 2.75) is 161 Å². The van der Waals surface area contributed by atoms with Crippen molar-refractivity contribution in [3.63, 3.8) is 0 Å². The number of carbonyl (C=O) groups excluding carboxylic acids is 10. The number of hydrogen-bond acceptors (Lipinski definition) is 14. The van der Waals surface area contributed by atoms with E-state index < -0.39 is 150 Å². The van der Waals surface area contributed by atoms with Gasteiger partial charge in [-0.25, -0.2) is 0 Å². The Labute approximate surface area is 371 Å². The van der Waals surface area contributed by atoms with Crippen LogP contribution >= 0.6 is 0 Å². The third-order valence-electron chi connectivity index (χ3n) is 10.2. The lowest BCUT2D eigenvalue weighted by molar-refractivity contribution is -0.142. The minimum absolute atomic E-state index is 0.0504. The van der Waals surface area contributed by atoms with E-state index in [0.717, 1.165) is 0 Å². The molecular weight excluding hydrogens is 846 g/mol. The molecule has 0 saturated carbocycles. The number of hydrogen-bond donors (Lipinski definition) is 14.